The van der Waals surface area contributed by atoms with Crippen LogP contribution in [0.4, 0.5) is 0 Å². The Labute approximate surface area is 201 Å². The number of aliphatic hydroxyl groups excluding tert-OH is 1. The number of fused-ring (bicyclic) bond motifs is 6. The minimum atomic E-state index is -0.640. The van der Waals surface area contributed by atoms with Crippen LogP contribution in [-0.4, -0.2) is 22.3 Å². The Morgan fingerprint density at radius 3 is 2.24 bits per heavy atom. The highest BCUT2D eigenvalue weighted by molar-refractivity contribution is 5.75. The molecule has 0 aliphatic heterocycles. The summed E-state index contributed by atoms with van der Waals surface area (Å²) in [5.41, 5.74) is 2.87. The summed E-state index contributed by atoms with van der Waals surface area (Å²) in [6.45, 7) is 16.6. The average Bonchev–Trinajstić information content (AvgIpc) is 2.73. The van der Waals surface area contributed by atoms with Crippen LogP contribution in [0.3, 0.4) is 0 Å². The quantitative estimate of drug-likeness (QED) is 0.442. The maximum atomic E-state index is 12.2. The van der Waals surface area contributed by atoms with Crippen molar-refractivity contribution >= 4 is 5.97 Å². The minimum absolute atomic E-state index is 0.0420. The summed E-state index contributed by atoms with van der Waals surface area (Å²) in [6.07, 6.45) is 14.0. The summed E-state index contributed by atoms with van der Waals surface area (Å²) in [6, 6.07) is 0. The van der Waals surface area contributed by atoms with Crippen molar-refractivity contribution in [3.05, 3.63) is 23.3 Å². The zero-order valence-electron chi connectivity index (χ0n) is 22.1. The molecule has 5 aliphatic rings. The van der Waals surface area contributed by atoms with Gasteiger partial charge in [0, 0.05) is 0 Å². The second-order valence-corrected chi connectivity index (χ2v) is 14.6. The van der Waals surface area contributed by atoms with Crippen molar-refractivity contribution in [1.29, 1.82) is 0 Å². The molecule has 5 rings (SSSR count). The Balaban J connectivity index is 1.65. The largest absolute Gasteiger partial charge is 0.481 e. The molecule has 0 heterocycles. The Morgan fingerprint density at radius 2 is 1.58 bits per heavy atom. The van der Waals surface area contributed by atoms with Gasteiger partial charge in [-0.3, -0.25) is 4.79 Å². The van der Waals surface area contributed by atoms with Crippen LogP contribution in [0.1, 0.15) is 106 Å². The van der Waals surface area contributed by atoms with Gasteiger partial charge in [0.15, 0.2) is 0 Å². The lowest BCUT2D eigenvalue weighted by atomic mass is 9.35. The molecular weight excluding hydrogens is 408 g/mol. The van der Waals surface area contributed by atoms with E-state index in [0.29, 0.717) is 18.3 Å². The number of hydrogen-bond donors (Lipinski definition) is 2. The number of carbonyl (C=O) groups is 1. The van der Waals surface area contributed by atoms with E-state index in [4.69, 9.17) is 0 Å². The number of carboxylic acids is 1. The van der Waals surface area contributed by atoms with Gasteiger partial charge in [0.25, 0.3) is 0 Å². The van der Waals surface area contributed by atoms with E-state index in [1.807, 2.05) is 6.92 Å². The maximum absolute atomic E-state index is 12.2. The zero-order chi connectivity index (χ0) is 24.2. The summed E-state index contributed by atoms with van der Waals surface area (Å²) >= 11 is 0. The number of aliphatic carboxylic acids is 1. The van der Waals surface area contributed by atoms with Gasteiger partial charge in [-0.1, -0.05) is 59.3 Å². The molecule has 184 valence electrons. The highest BCUT2D eigenvalue weighted by atomic mass is 16.4. The first-order chi connectivity index (χ1) is 15.1. The number of carboxylic acid groups (broad SMARTS) is 1. The van der Waals surface area contributed by atoms with Crippen LogP contribution in [0, 0.1) is 44.3 Å². The Hall–Kier alpha value is -1.09. The Kier molecular flexibility index (Phi) is 4.85. The lowest BCUT2D eigenvalue weighted by molar-refractivity contribution is -0.182. The highest BCUT2D eigenvalue weighted by Crippen LogP contribution is 2.74. The van der Waals surface area contributed by atoms with Crippen LogP contribution in [0.25, 0.3) is 0 Å². The number of aliphatic hydroxyl groups is 1. The van der Waals surface area contributed by atoms with Gasteiger partial charge in [-0.25, -0.2) is 0 Å². The molecule has 3 heteroatoms. The summed E-state index contributed by atoms with van der Waals surface area (Å²) in [7, 11) is 0. The van der Waals surface area contributed by atoms with Gasteiger partial charge in [0.1, 0.15) is 0 Å². The SMILES string of the molecule is CC1(C)C2CC[C@]3(C)C(C=CC4=C5C[C@](C)(C(=O)O)CC[C@]5(C)CC[C@]43C)[C@@]2(C)CC[C@@H]1O. The Bertz CT molecular complexity index is 944. The molecular formula is C30H46O3. The van der Waals surface area contributed by atoms with Crippen LogP contribution >= 0.6 is 0 Å². The lowest BCUT2D eigenvalue weighted by Crippen LogP contribution is -2.63. The summed E-state index contributed by atoms with van der Waals surface area (Å²) in [5.74, 6) is 0.404. The van der Waals surface area contributed by atoms with Crippen molar-refractivity contribution in [1.82, 2.24) is 0 Å². The van der Waals surface area contributed by atoms with Crippen LogP contribution in [0.5, 0.6) is 0 Å². The molecule has 2 N–H and O–H groups in total. The van der Waals surface area contributed by atoms with Crippen molar-refractivity contribution < 1.29 is 15.0 Å². The minimum Gasteiger partial charge on any atom is -0.481 e. The van der Waals surface area contributed by atoms with Gasteiger partial charge >= 0.3 is 5.97 Å². The monoisotopic (exact) mass is 454 g/mol. The van der Waals surface area contributed by atoms with Gasteiger partial charge < -0.3 is 10.2 Å². The van der Waals surface area contributed by atoms with Crippen molar-refractivity contribution in [3.63, 3.8) is 0 Å². The molecule has 3 nitrogen and oxygen atoms in total. The van der Waals surface area contributed by atoms with E-state index in [1.165, 1.54) is 36.8 Å². The van der Waals surface area contributed by atoms with Crippen LogP contribution in [0.15, 0.2) is 23.3 Å². The van der Waals surface area contributed by atoms with E-state index in [-0.39, 0.29) is 33.2 Å². The number of allylic oxidation sites excluding steroid dienone is 4. The molecule has 33 heavy (non-hydrogen) atoms. The first-order valence-electron chi connectivity index (χ1n) is 13.5. The van der Waals surface area contributed by atoms with E-state index in [9.17, 15) is 15.0 Å². The Morgan fingerprint density at radius 1 is 0.909 bits per heavy atom. The molecule has 5 aliphatic carbocycles. The molecule has 3 fully saturated rings. The average molecular weight is 455 g/mol. The molecule has 0 aromatic carbocycles. The predicted molar refractivity (Wildman–Crippen MR) is 133 cm³/mol. The molecule has 8 atom stereocenters. The van der Waals surface area contributed by atoms with Crippen molar-refractivity contribution in [2.75, 3.05) is 0 Å². The van der Waals surface area contributed by atoms with Crippen molar-refractivity contribution in [2.45, 2.75) is 112 Å². The van der Waals surface area contributed by atoms with Crippen LogP contribution in [-0.2, 0) is 4.79 Å². The third-order valence-corrected chi connectivity index (χ3v) is 12.7. The van der Waals surface area contributed by atoms with Crippen LogP contribution < -0.4 is 0 Å². The molecule has 3 saturated carbocycles. The van der Waals surface area contributed by atoms with E-state index in [2.05, 4.69) is 53.7 Å². The number of rotatable bonds is 1. The van der Waals surface area contributed by atoms with Gasteiger partial charge in [0.2, 0.25) is 0 Å². The van der Waals surface area contributed by atoms with Crippen molar-refractivity contribution in [3.8, 4) is 0 Å². The van der Waals surface area contributed by atoms with E-state index >= 15 is 0 Å². The third kappa shape index (κ3) is 2.81. The second kappa shape index (κ2) is 6.77. The number of hydrogen-bond acceptors (Lipinski definition) is 2. The van der Waals surface area contributed by atoms with Gasteiger partial charge in [-0.2, -0.15) is 0 Å². The molecule has 0 amide bonds. The fourth-order valence-corrected chi connectivity index (χ4v) is 9.87. The highest BCUT2D eigenvalue weighted by Gasteiger charge is 2.66. The zero-order valence-corrected chi connectivity index (χ0v) is 22.1. The van der Waals surface area contributed by atoms with Gasteiger partial charge in [-0.05, 0) is 109 Å². The van der Waals surface area contributed by atoms with Crippen molar-refractivity contribution in [2.24, 2.45) is 44.3 Å². The fraction of sp³-hybridized carbons (Fsp3) is 0.833. The van der Waals surface area contributed by atoms with E-state index in [1.54, 1.807) is 0 Å². The molecule has 0 bridgehead atoms. The fourth-order valence-electron chi connectivity index (χ4n) is 9.87. The topological polar surface area (TPSA) is 57.5 Å². The molecule has 0 aromatic rings. The summed E-state index contributed by atoms with van der Waals surface area (Å²) in [5, 5.41) is 20.9. The maximum Gasteiger partial charge on any atom is 0.309 e. The molecule has 0 saturated heterocycles. The van der Waals surface area contributed by atoms with E-state index < -0.39 is 11.4 Å². The molecule has 2 unspecified atom stereocenters. The first kappa shape index (κ1) is 23.6. The predicted octanol–water partition coefficient (Wildman–Crippen LogP) is 7.15. The molecule has 0 spiro atoms. The lowest BCUT2D eigenvalue weighted by Gasteiger charge is -2.69. The first-order valence-corrected chi connectivity index (χ1v) is 13.5. The summed E-state index contributed by atoms with van der Waals surface area (Å²) < 4.78 is 0. The van der Waals surface area contributed by atoms with Crippen LogP contribution in [0.2, 0.25) is 0 Å². The van der Waals surface area contributed by atoms with E-state index in [0.717, 1.165) is 25.7 Å². The standard InChI is InChI=1S/C30H46O3/c1-25(2)21-10-13-30(7)22(28(21,5)12-11-23(25)31)9-8-19-20-18-27(4,24(32)33)15-14-26(20,3)16-17-29(19,30)6/h8-9,21-23,31H,10-18H2,1-7H3,(H,32,33)/t21?,22?,23-,26+,27+,28-,29+,30+/m0/s1. The third-order valence-electron chi connectivity index (χ3n) is 12.7. The summed E-state index contributed by atoms with van der Waals surface area (Å²) in [4.78, 5) is 12.2. The van der Waals surface area contributed by atoms with Gasteiger partial charge in [-0.15, -0.1) is 0 Å². The molecule has 0 radical (unpaired) electrons. The van der Waals surface area contributed by atoms with Gasteiger partial charge in [0.05, 0.1) is 11.5 Å². The molecule has 0 aromatic heterocycles. The normalized spacial score (nSPS) is 52.9. The second-order valence-electron chi connectivity index (χ2n) is 14.6. The smallest absolute Gasteiger partial charge is 0.309 e.